The number of thioether (sulfide) groups is 1. The molecule has 11 heavy (non-hydrogen) atoms. The molecule has 0 aromatic rings. The maximum atomic E-state index is 12.0. The predicted octanol–water partition coefficient (Wildman–Crippen LogP) is 2.52. The van der Waals surface area contributed by atoms with E-state index in [0.717, 1.165) is 6.26 Å². The molecule has 0 heterocycles. The minimum absolute atomic E-state index is 0.0719. The van der Waals surface area contributed by atoms with Crippen LogP contribution in [0.5, 0.6) is 0 Å². The molecule has 0 fully saturated rings. The van der Waals surface area contributed by atoms with Gasteiger partial charge in [-0.2, -0.15) is 22.0 Å². The zero-order valence-corrected chi connectivity index (χ0v) is 6.11. The molecule has 0 radical (unpaired) electrons. The van der Waals surface area contributed by atoms with Gasteiger partial charge >= 0.3 is 12.1 Å². The number of hydrogen-bond donors (Lipinski definition) is 1. The van der Waals surface area contributed by atoms with E-state index in [2.05, 4.69) is 0 Å². The monoisotopic (exact) mass is 193 g/mol. The fourth-order valence-corrected chi connectivity index (χ4v) is 0.629. The molecule has 0 unspecified atom stereocenters. The van der Waals surface area contributed by atoms with Crippen LogP contribution in [0.25, 0.3) is 0 Å². The van der Waals surface area contributed by atoms with Crippen LogP contribution in [0.1, 0.15) is 0 Å². The third-order valence-electron chi connectivity index (χ3n) is 0.845. The van der Waals surface area contributed by atoms with Gasteiger partial charge in [-0.15, -0.1) is 11.8 Å². The highest BCUT2D eigenvalue weighted by Crippen LogP contribution is 2.38. The fourth-order valence-electron chi connectivity index (χ4n) is 0.257. The summed E-state index contributed by atoms with van der Waals surface area (Å²) in [5, 5.41) is 4.60. The van der Waals surface area contributed by atoms with Gasteiger partial charge < -0.3 is 0 Å². The maximum absolute atomic E-state index is 12.0. The second-order valence-corrected chi connectivity index (χ2v) is 2.42. The minimum Gasteiger partial charge on any atom is -0.292 e. The Balaban J connectivity index is 4.59. The molecule has 0 aromatic carbocycles. The smallest absolute Gasteiger partial charge is 0.292 e. The zero-order valence-electron chi connectivity index (χ0n) is 5.30. The van der Waals surface area contributed by atoms with Gasteiger partial charge in [-0.25, -0.2) is 0 Å². The van der Waals surface area contributed by atoms with Gasteiger partial charge in [0.15, 0.2) is 0 Å². The van der Waals surface area contributed by atoms with Crippen molar-refractivity contribution in [2.45, 2.75) is 12.1 Å². The van der Waals surface area contributed by atoms with Crippen LogP contribution in [0, 0.1) is 5.41 Å². The first kappa shape index (κ1) is 10.7. The first-order valence-electron chi connectivity index (χ1n) is 2.31. The second-order valence-electron chi connectivity index (χ2n) is 1.61. The van der Waals surface area contributed by atoms with Crippen molar-refractivity contribution in [2.24, 2.45) is 0 Å². The summed E-state index contributed by atoms with van der Waals surface area (Å²) in [7, 11) is 0. The standard InChI is InChI=1S/C4H4F5NS/c1-11-2(10)3(5,6)4(7,8)9/h10H,1H3. The van der Waals surface area contributed by atoms with Crippen LogP contribution in [-0.2, 0) is 0 Å². The SMILES string of the molecule is CSC(=N)C(F)(F)C(F)(F)F. The van der Waals surface area contributed by atoms with Crippen molar-refractivity contribution in [1.29, 1.82) is 5.41 Å². The van der Waals surface area contributed by atoms with E-state index in [4.69, 9.17) is 5.41 Å². The molecule has 0 amide bonds. The first-order valence-corrected chi connectivity index (χ1v) is 3.53. The van der Waals surface area contributed by atoms with Gasteiger partial charge in [-0.05, 0) is 6.26 Å². The van der Waals surface area contributed by atoms with E-state index in [1.165, 1.54) is 0 Å². The Hall–Kier alpha value is -0.330. The van der Waals surface area contributed by atoms with Gasteiger partial charge in [0.1, 0.15) is 5.04 Å². The summed E-state index contributed by atoms with van der Waals surface area (Å²) >= 11 is 0.0719. The molecule has 0 aliphatic rings. The van der Waals surface area contributed by atoms with Crippen LogP contribution in [0.15, 0.2) is 0 Å². The third kappa shape index (κ3) is 2.05. The predicted molar refractivity (Wildman–Crippen MR) is 32.2 cm³/mol. The van der Waals surface area contributed by atoms with Crippen molar-refractivity contribution in [1.82, 2.24) is 0 Å². The molecule has 66 valence electrons. The van der Waals surface area contributed by atoms with Gasteiger partial charge in [0.25, 0.3) is 0 Å². The molecule has 0 spiro atoms. The van der Waals surface area contributed by atoms with E-state index in [9.17, 15) is 22.0 Å². The highest BCUT2D eigenvalue weighted by molar-refractivity contribution is 8.13. The summed E-state index contributed by atoms with van der Waals surface area (Å²) in [6.45, 7) is 0. The summed E-state index contributed by atoms with van der Waals surface area (Å²) < 4.78 is 58.0. The largest absolute Gasteiger partial charge is 0.460 e. The number of halogens is 5. The lowest BCUT2D eigenvalue weighted by atomic mass is 10.3. The zero-order chi connectivity index (χ0) is 9.28. The molecule has 0 rings (SSSR count). The Morgan fingerprint density at radius 3 is 1.64 bits per heavy atom. The van der Waals surface area contributed by atoms with Crippen LogP contribution in [0.4, 0.5) is 22.0 Å². The summed E-state index contributed by atoms with van der Waals surface area (Å²) in [5.41, 5.74) is 0. The lowest BCUT2D eigenvalue weighted by Gasteiger charge is -2.18. The molecular formula is C4H4F5NS. The Morgan fingerprint density at radius 1 is 1.18 bits per heavy atom. The van der Waals surface area contributed by atoms with Crippen molar-refractivity contribution in [3.8, 4) is 0 Å². The van der Waals surface area contributed by atoms with Gasteiger partial charge in [0.2, 0.25) is 0 Å². The number of rotatable bonds is 1. The third-order valence-corrected chi connectivity index (χ3v) is 1.51. The summed E-state index contributed by atoms with van der Waals surface area (Å²) in [6.07, 6.45) is -4.67. The normalized spacial score (nSPS) is 13.3. The van der Waals surface area contributed by atoms with E-state index in [1.807, 2.05) is 0 Å². The van der Waals surface area contributed by atoms with E-state index in [1.54, 1.807) is 0 Å². The van der Waals surface area contributed by atoms with Crippen LogP contribution in [0.2, 0.25) is 0 Å². The van der Waals surface area contributed by atoms with E-state index in [-0.39, 0.29) is 11.8 Å². The Labute approximate surface area is 63.5 Å². The summed E-state index contributed by atoms with van der Waals surface area (Å²) in [6, 6.07) is 0. The first-order chi connectivity index (χ1) is 4.73. The highest BCUT2D eigenvalue weighted by atomic mass is 32.2. The second kappa shape index (κ2) is 2.96. The molecule has 0 saturated heterocycles. The molecule has 0 aromatic heterocycles. The number of alkyl halides is 5. The van der Waals surface area contributed by atoms with Crippen molar-refractivity contribution >= 4 is 16.8 Å². The average molecular weight is 193 g/mol. The Kier molecular flexibility index (Phi) is 2.87. The topological polar surface area (TPSA) is 23.9 Å². The van der Waals surface area contributed by atoms with Crippen molar-refractivity contribution in [3.63, 3.8) is 0 Å². The van der Waals surface area contributed by atoms with Gasteiger partial charge in [-0.3, -0.25) is 5.41 Å². The van der Waals surface area contributed by atoms with Crippen molar-refractivity contribution < 1.29 is 22.0 Å². The molecule has 0 atom stereocenters. The van der Waals surface area contributed by atoms with Gasteiger partial charge in [-0.1, -0.05) is 0 Å². The van der Waals surface area contributed by atoms with Crippen molar-refractivity contribution in [2.75, 3.05) is 6.26 Å². The van der Waals surface area contributed by atoms with E-state index < -0.39 is 17.1 Å². The lowest BCUT2D eigenvalue weighted by molar-refractivity contribution is -0.248. The molecule has 7 heteroatoms. The van der Waals surface area contributed by atoms with Crippen LogP contribution < -0.4 is 0 Å². The fraction of sp³-hybridized carbons (Fsp3) is 0.750. The number of nitrogens with one attached hydrogen (secondary N) is 1. The quantitative estimate of drug-likeness (QED) is 0.386. The summed E-state index contributed by atoms with van der Waals surface area (Å²) in [4.78, 5) is 0. The Morgan fingerprint density at radius 2 is 1.55 bits per heavy atom. The van der Waals surface area contributed by atoms with Gasteiger partial charge in [0.05, 0.1) is 0 Å². The number of hydrogen-bond acceptors (Lipinski definition) is 2. The van der Waals surface area contributed by atoms with Gasteiger partial charge in [0, 0.05) is 0 Å². The molecule has 0 aliphatic heterocycles. The Bertz CT molecular complexity index is 162. The van der Waals surface area contributed by atoms with Crippen LogP contribution >= 0.6 is 11.8 Å². The van der Waals surface area contributed by atoms with Crippen LogP contribution in [-0.4, -0.2) is 23.4 Å². The lowest BCUT2D eigenvalue weighted by Crippen LogP contribution is -2.42. The molecule has 1 N–H and O–H groups in total. The molecule has 0 aliphatic carbocycles. The molecular weight excluding hydrogens is 189 g/mol. The van der Waals surface area contributed by atoms with Crippen molar-refractivity contribution in [3.05, 3.63) is 0 Å². The molecule has 1 nitrogen and oxygen atoms in total. The highest BCUT2D eigenvalue weighted by Gasteiger charge is 2.60. The van der Waals surface area contributed by atoms with E-state index >= 15 is 0 Å². The average Bonchev–Trinajstić information content (AvgIpc) is 1.83. The van der Waals surface area contributed by atoms with Crippen LogP contribution in [0.3, 0.4) is 0 Å². The molecule has 0 bridgehead atoms. The minimum atomic E-state index is -5.66. The summed E-state index contributed by atoms with van der Waals surface area (Å²) in [5.74, 6) is -5.01. The maximum Gasteiger partial charge on any atom is 0.460 e. The molecule has 0 saturated carbocycles. The van der Waals surface area contributed by atoms with E-state index in [0.29, 0.717) is 0 Å².